The number of hydrogen-bond donors (Lipinski definition) is 0. The van der Waals surface area contributed by atoms with Gasteiger partial charge in [-0.25, -0.2) is 0 Å². The highest BCUT2D eigenvalue weighted by Crippen LogP contribution is 1.88. The van der Waals surface area contributed by atoms with E-state index in [1.165, 1.54) is 0 Å². The molecule has 9 heteroatoms. The normalized spacial score (nSPS) is 24.0. The maximum Gasteiger partial charge on any atom is 0.152 e. The predicted octanol–water partition coefficient (Wildman–Crippen LogP) is -0.233. The topological polar surface area (TPSA) is 83.1 Å². The molecule has 0 aromatic carbocycles. The monoisotopic (exact) mass is 270 g/mol. The summed E-state index contributed by atoms with van der Waals surface area (Å²) in [5.74, 6) is 0. The standard InChI is InChI=1S/3C3H6O3/c3*1-4-2-6-3-5-1/h3*1-3H2. The van der Waals surface area contributed by atoms with Gasteiger partial charge in [-0.15, -0.1) is 0 Å². The van der Waals surface area contributed by atoms with E-state index in [-0.39, 0.29) is 0 Å². The smallest absolute Gasteiger partial charge is 0.152 e. The molecule has 3 rings (SSSR count). The van der Waals surface area contributed by atoms with E-state index >= 15 is 0 Å². The molecule has 0 atom stereocenters. The van der Waals surface area contributed by atoms with Gasteiger partial charge in [0.25, 0.3) is 0 Å². The van der Waals surface area contributed by atoms with Crippen LogP contribution >= 0.6 is 0 Å². The van der Waals surface area contributed by atoms with E-state index in [1.807, 2.05) is 0 Å². The summed E-state index contributed by atoms with van der Waals surface area (Å²) >= 11 is 0. The van der Waals surface area contributed by atoms with Crippen molar-refractivity contribution in [1.29, 1.82) is 0 Å². The lowest BCUT2D eigenvalue weighted by Crippen LogP contribution is -2.14. The quantitative estimate of drug-likeness (QED) is 0.592. The molecule has 0 unspecified atom stereocenters. The second-order valence-corrected chi connectivity index (χ2v) is 2.90. The van der Waals surface area contributed by atoms with Gasteiger partial charge in [-0.1, -0.05) is 0 Å². The van der Waals surface area contributed by atoms with Crippen LogP contribution in [0.5, 0.6) is 0 Å². The fourth-order valence-corrected chi connectivity index (χ4v) is 0.837. The Balaban J connectivity index is 0.000000135. The molecular formula is C9H18O9. The van der Waals surface area contributed by atoms with Crippen molar-refractivity contribution >= 4 is 0 Å². The second kappa shape index (κ2) is 13.1. The van der Waals surface area contributed by atoms with Crippen molar-refractivity contribution < 1.29 is 42.6 Å². The summed E-state index contributed by atoms with van der Waals surface area (Å²) in [6.07, 6.45) is 0. The molecule has 9 nitrogen and oxygen atoms in total. The number of ether oxygens (including phenoxy) is 9. The van der Waals surface area contributed by atoms with Gasteiger partial charge in [0.1, 0.15) is 0 Å². The minimum absolute atomic E-state index is 0.375. The van der Waals surface area contributed by atoms with E-state index in [1.54, 1.807) is 0 Å². The fraction of sp³-hybridized carbons (Fsp3) is 1.00. The summed E-state index contributed by atoms with van der Waals surface area (Å²) in [4.78, 5) is 0. The van der Waals surface area contributed by atoms with Gasteiger partial charge in [0, 0.05) is 0 Å². The zero-order valence-electron chi connectivity index (χ0n) is 10.0. The lowest BCUT2D eigenvalue weighted by atomic mass is 11.2. The van der Waals surface area contributed by atoms with Gasteiger partial charge in [-0.2, -0.15) is 0 Å². The summed E-state index contributed by atoms with van der Waals surface area (Å²) in [7, 11) is 0. The van der Waals surface area contributed by atoms with Crippen LogP contribution in [-0.4, -0.2) is 61.1 Å². The van der Waals surface area contributed by atoms with Crippen LogP contribution in [0.3, 0.4) is 0 Å². The third-order valence-corrected chi connectivity index (χ3v) is 1.50. The summed E-state index contributed by atoms with van der Waals surface area (Å²) in [5.41, 5.74) is 0. The molecule has 0 saturated carbocycles. The van der Waals surface area contributed by atoms with Crippen molar-refractivity contribution in [2.24, 2.45) is 0 Å². The Bertz CT molecular complexity index is 93.1. The Kier molecular flexibility index (Phi) is 11.4. The second-order valence-electron chi connectivity index (χ2n) is 2.90. The first-order chi connectivity index (χ1) is 9.00. The van der Waals surface area contributed by atoms with Crippen molar-refractivity contribution in [2.75, 3.05) is 61.1 Å². The Morgan fingerprint density at radius 3 is 0.389 bits per heavy atom. The molecule has 0 amide bonds. The maximum atomic E-state index is 4.62. The molecule has 0 spiro atoms. The molecule has 3 aliphatic heterocycles. The summed E-state index contributed by atoms with van der Waals surface area (Å²) in [5, 5.41) is 0. The van der Waals surface area contributed by atoms with Crippen molar-refractivity contribution in [1.82, 2.24) is 0 Å². The molecule has 3 heterocycles. The molecule has 18 heavy (non-hydrogen) atoms. The minimum Gasteiger partial charge on any atom is -0.329 e. The summed E-state index contributed by atoms with van der Waals surface area (Å²) < 4.78 is 41.6. The van der Waals surface area contributed by atoms with Gasteiger partial charge in [-0.3, -0.25) is 0 Å². The van der Waals surface area contributed by atoms with E-state index in [4.69, 9.17) is 0 Å². The van der Waals surface area contributed by atoms with E-state index in [9.17, 15) is 0 Å². The van der Waals surface area contributed by atoms with E-state index in [2.05, 4.69) is 42.6 Å². The predicted molar refractivity (Wildman–Crippen MR) is 53.6 cm³/mol. The highest BCUT2D eigenvalue weighted by molar-refractivity contribution is 4.10. The Morgan fingerprint density at radius 2 is 0.333 bits per heavy atom. The van der Waals surface area contributed by atoms with Gasteiger partial charge < -0.3 is 42.6 Å². The molecule has 3 fully saturated rings. The van der Waals surface area contributed by atoms with Crippen LogP contribution in [0.4, 0.5) is 0 Å². The molecule has 0 radical (unpaired) electrons. The van der Waals surface area contributed by atoms with Crippen molar-refractivity contribution in [3.8, 4) is 0 Å². The van der Waals surface area contributed by atoms with E-state index < -0.39 is 0 Å². The van der Waals surface area contributed by atoms with E-state index in [0.29, 0.717) is 61.1 Å². The minimum atomic E-state index is 0.375. The van der Waals surface area contributed by atoms with Gasteiger partial charge >= 0.3 is 0 Å². The van der Waals surface area contributed by atoms with E-state index in [0.717, 1.165) is 0 Å². The Morgan fingerprint density at radius 1 is 0.222 bits per heavy atom. The number of rotatable bonds is 0. The molecule has 108 valence electrons. The average Bonchev–Trinajstić information content (AvgIpc) is 2.54. The summed E-state index contributed by atoms with van der Waals surface area (Å²) in [6.45, 7) is 3.38. The van der Waals surface area contributed by atoms with Crippen LogP contribution in [-0.2, 0) is 42.6 Å². The van der Waals surface area contributed by atoms with Gasteiger partial charge in [0.2, 0.25) is 0 Å². The van der Waals surface area contributed by atoms with Crippen LogP contribution < -0.4 is 0 Å². The largest absolute Gasteiger partial charge is 0.329 e. The zero-order chi connectivity index (χ0) is 12.7. The molecule has 3 saturated heterocycles. The Labute approximate surface area is 105 Å². The van der Waals surface area contributed by atoms with Crippen LogP contribution in [0.1, 0.15) is 0 Å². The third-order valence-electron chi connectivity index (χ3n) is 1.50. The summed E-state index contributed by atoms with van der Waals surface area (Å²) in [6, 6.07) is 0. The van der Waals surface area contributed by atoms with Crippen LogP contribution in [0.2, 0.25) is 0 Å². The molecule has 0 N–H and O–H groups in total. The fourth-order valence-electron chi connectivity index (χ4n) is 0.837. The van der Waals surface area contributed by atoms with Crippen LogP contribution in [0.15, 0.2) is 0 Å². The van der Waals surface area contributed by atoms with Crippen molar-refractivity contribution in [3.63, 3.8) is 0 Å². The first kappa shape index (κ1) is 15.7. The number of hydrogen-bond acceptors (Lipinski definition) is 9. The average molecular weight is 270 g/mol. The van der Waals surface area contributed by atoms with Crippen LogP contribution in [0, 0.1) is 0 Å². The van der Waals surface area contributed by atoms with Crippen molar-refractivity contribution in [3.05, 3.63) is 0 Å². The third kappa shape index (κ3) is 10.8. The van der Waals surface area contributed by atoms with Gasteiger partial charge in [0.15, 0.2) is 61.1 Å². The van der Waals surface area contributed by atoms with Crippen LogP contribution in [0.25, 0.3) is 0 Å². The molecule has 0 aromatic rings. The first-order valence-corrected chi connectivity index (χ1v) is 5.20. The molecule has 0 aliphatic carbocycles. The van der Waals surface area contributed by atoms with Crippen molar-refractivity contribution in [2.45, 2.75) is 0 Å². The lowest BCUT2D eigenvalue weighted by molar-refractivity contribution is -0.247. The molecule has 0 aromatic heterocycles. The maximum absolute atomic E-state index is 4.62. The van der Waals surface area contributed by atoms with Gasteiger partial charge in [0.05, 0.1) is 0 Å². The molecular weight excluding hydrogens is 252 g/mol. The van der Waals surface area contributed by atoms with Gasteiger partial charge in [-0.05, 0) is 0 Å². The Hall–Kier alpha value is -0.360. The zero-order valence-corrected chi connectivity index (χ0v) is 10.0. The molecule has 3 aliphatic rings. The SMILES string of the molecule is C1OCOCO1.C1OCOCO1.C1OCOCO1. The molecule has 0 bridgehead atoms. The highest BCUT2D eigenvalue weighted by Gasteiger charge is 1.94. The first-order valence-electron chi connectivity index (χ1n) is 5.20. The highest BCUT2D eigenvalue weighted by atomic mass is 16.8. The lowest BCUT2D eigenvalue weighted by Gasteiger charge is -2.10.